The average Bonchev–Trinajstić information content (AvgIpc) is 3.24. The molecule has 9 heteroatoms. The average molecular weight is 402 g/mol. The van der Waals surface area contributed by atoms with Crippen molar-refractivity contribution in [3.63, 3.8) is 0 Å². The molecule has 1 aromatic heterocycles. The van der Waals surface area contributed by atoms with Gasteiger partial charge in [0.1, 0.15) is 23.0 Å². The van der Waals surface area contributed by atoms with Crippen LogP contribution in [0.5, 0.6) is 0 Å². The van der Waals surface area contributed by atoms with Crippen molar-refractivity contribution >= 4 is 28.7 Å². The maximum absolute atomic E-state index is 12.8. The Kier molecular flexibility index (Phi) is 5.93. The number of nitriles is 2. The van der Waals surface area contributed by atoms with Crippen molar-refractivity contribution in [3.8, 4) is 12.1 Å². The number of aryl methyl sites for hydroxylation is 1. The predicted octanol–water partition coefficient (Wildman–Crippen LogP) is 2.28. The summed E-state index contributed by atoms with van der Waals surface area (Å²) in [4.78, 5) is 25.2. The second-order valence-corrected chi connectivity index (χ2v) is 6.90. The van der Waals surface area contributed by atoms with Crippen molar-refractivity contribution in [1.82, 2.24) is 19.7 Å². The van der Waals surface area contributed by atoms with Crippen LogP contribution >= 0.6 is 0 Å². The monoisotopic (exact) mass is 402 g/mol. The van der Waals surface area contributed by atoms with E-state index in [1.807, 2.05) is 31.2 Å². The second kappa shape index (κ2) is 8.58. The minimum atomic E-state index is -0.333. The van der Waals surface area contributed by atoms with Crippen LogP contribution in [0.3, 0.4) is 0 Å². The molecule has 0 spiro atoms. The van der Waals surface area contributed by atoms with E-state index in [4.69, 9.17) is 5.26 Å². The first kappa shape index (κ1) is 20.7. The highest BCUT2D eigenvalue weighted by molar-refractivity contribution is 6.30. The maximum Gasteiger partial charge on any atom is 0.258 e. The molecule has 0 unspecified atom stereocenters. The summed E-state index contributed by atoms with van der Waals surface area (Å²) in [6.45, 7) is 5.19. The number of allylic oxidation sites excluding steroid dienone is 1. The summed E-state index contributed by atoms with van der Waals surface area (Å²) in [6.07, 6.45) is 0.448. The fourth-order valence-electron chi connectivity index (χ4n) is 3.20. The zero-order valence-corrected chi connectivity index (χ0v) is 17.4. The van der Waals surface area contributed by atoms with Crippen LogP contribution in [0, 0.1) is 29.6 Å². The zero-order valence-electron chi connectivity index (χ0n) is 17.4. The first-order chi connectivity index (χ1) is 14.4. The van der Waals surface area contributed by atoms with Gasteiger partial charge in [-0.25, -0.2) is 9.98 Å². The molecule has 0 saturated carbocycles. The van der Waals surface area contributed by atoms with Crippen molar-refractivity contribution in [2.45, 2.75) is 20.3 Å². The molecule has 0 radical (unpaired) electrons. The maximum atomic E-state index is 12.8. The van der Waals surface area contributed by atoms with Gasteiger partial charge in [-0.3, -0.25) is 4.79 Å². The number of hydrogen-bond acceptors (Lipinski definition) is 7. The van der Waals surface area contributed by atoms with Crippen LogP contribution < -0.4 is 4.90 Å². The number of fused-ring (bicyclic) bond motifs is 1. The van der Waals surface area contributed by atoms with Crippen molar-refractivity contribution < 1.29 is 4.79 Å². The number of nitrogens with zero attached hydrogens (tertiary/aromatic N) is 8. The first-order valence-electron chi connectivity index (χ1n) is 9.52. The number of rotatable bonds is 6. The summed E-state index contributed by atoms with van der Waals surface area (Å²) < 4.78 is 1.45. The Labute approximate surface area is 175 Å². The molecule has 3 rings (SSSR count). The summed E-state index contributed by atoms with van der Waals surface area (Å²) in [7, 11) is 3.24. The van der Waals surface area contributed by atoms with E-state index in [0.717, 1.165) is 12.2 Å². The van der Waals surface area contributed by atoms with Crippen LogP contribution in [0.15, 0.2) is 34.8 Å². The molecular weight excluding hydrogens is 380 g/mol. The van der Waals surface area contributed by atoms with Gasteiger partial charge in [0.15, 0.2) is 11.7 Å². The number of anilines is 1. The van der Waals surface area contributed by atoms with Gasteiger partial charge < -0.3 is 9.80 Å². The minimum Gasteiger partial charge on any atom is -0.371 e. The van der Waals surface area contributed by atoms with Gasteiger partial charge in [-0.2, -0.15) is 15.2 Å². The van der Waals surface area contributed by atoms with Crippen molar-refractivity contribution in [2.24, 2.45) is 4.99 Å². The number of aliphatic imine (C=N–C) groups is 1. The number of likely N-dealkylation sites (N-methyl/N-ethyl adjacent to an activating group) is 1. The fraction of sp³-hybridized carbons (Fsp3) is 0.333. The number of carbonyl (C=O) groups excluding carboxylic acids is 1. The lowest BCUT2D eigenvalue weighted by molar-refractivity contribution is -0.124. The van der Waals surface area contributed by atoms with Crippen molar-refractivity contribution in [2.75, 3.05) is 32.1 Å². The lowest BCUT2D eigenvalue weighted by atomic mass is 10.1. The van der Waals surface area contributed by atoms with E-state index in [-0.39, 0.29) is 22.9 Å². The van der Waals surface area contributed by atoms with Crippen LogP contribution in [0.1, 0.15) is 25.0 Å². The molecule has 0 fully saturated rings. The zero-order chi connectivity index (χ0) is 21.8. The van der Waals surface area contributed by atoms with Gasteiger partial charge in [0, 0.05) is 32.9 Å². The number of hydrogen-bond donors (Lipinski definition) is 0. The predicted molar refractivity (Wildman–Crippen MR) is 113 cm³/mol. The van der Waals surface area contributed by atoms with Crippen molar-refractivity contribution in [1.29, 1.82) is 10.5 Å². The Balaban J connectivity index is 2.04. The number of aromatic nitrogens is 3. The number of benzene rings is 1. The molecule has 0 N–H and O–H groups in total. The highest BCUT2D eigenvalue weighted by Gasteiger charge is 2.36. The van der Waals surface area contributed by atoms with Gasteiger partial charge in [-0.1, -0.05) is 0 Å². The standard InChI is InChI=1S/C21H22N8O/c1-5-28(12-6-11-22)16-9-7-15(8-10-16)25-20-18(21(30)27(3)4)17(13-23)19-24-14(2)26-29(19)20/h7-10H,5-6,12H2,1-4H3. The Morgan fingerprint density at radius 2 is 1.93 bits per heavy atom. The SMILES string of the molecule is CCN(CCC#N)c1ccc(N=C2C(C(=O)N(C)C)=C(C#N)c3nc(C)nn32)cc1. The quantitative estimate of drug-likeness (QED) is 0.732. The highest BCUT2D eigenvalue weighted by Crippen LogP contribution is 2.29. The Hall–Kier alpha value is -3.98. The number of carbonyl (C=O) groups is 1. The van der Waals surface area contributed by atoms with Crippen molar-refractivity contribution in [3.05, 3.63) is 41.5 Å². The first-order valence-corrected chi connectivity index (χ1v) is 9.52. The summed E-state index contributed by atoms with van der Waals surface area (Å²) in [6, 6.07) is 11.8. The largest absolute Gasteiger partial charge is 0.371 e. The van der Waals surface area contributed by atoms with E-state index in [2.05, 4.69) is 32.1 Å². The van der Waals surface area contributed by atoms with Crippen LogP contribution in [-0.4, -0.2) is 58.6 Å². The molecule has 0 saturated heterocycles. The molecular formula is C21H22N8O. The van der Waals surface area contributed by atoms with Crippen LogP contribution in [0.4, 0.5) is 11.4 Å². The van der Waals surface area contributed by atoms with Gasteiger partial charge in [-0.15, -0.1) is 5.10 Å². The smallest absolute Gasteiger partial charge is 0.258 e. The van der Waals surface area contributed by atoms with Gasteiger partial charge in [-0.05, 0) is 38.1 Å². The fourth-order valence-corrected chi connectivity index (χ4v) is 3.20. The molecule has 152 valence electrons. The third kappa shape index (κ3) is 3.78. The van der Waals surface area contributed by atoms with E-state index in [9.17, 15) is 10.1 Å². The summed E-state index contributed by atoms with van der Waals surface area (Å²) in [5.41, 5.74) is 1.95. The van der Waals surface area contributed by atoms with E-state index in [1.165, 1.54) is 9.58 Å². The number of amides is 1. The van der Waals surface area contributed by atoms with Crippen LogP contribution in [0.2, 0.25) is 0 Å². The summed E-state index contributed by atoms with van der Waals surface area (Å²) in [5, 5.41) is 22.8. The van der Waals surface area contributed by atoms with E-state index < -0.39 is 0 Å². The van der Waals surface area contributed by atoms with Gasteiger partial charge in [0.2, 0.25) is 0 Å². The molecule has 2 heterocycles. The molecule has 1 amide bonds. The Bertz CT molecular complexity index is 1110. The topological polar surface area (TPSA) is 114 Å². The molecule has 0 atom stereocenters. The third-order valence-electron chi connectivity index (χ3n) is 4.67. The lowest BCUT2D eigenvalue weighted by Crippen LogP contribution is -2.28. The minimum absolute atomic E-state index is 0.165. The molecule has 1 aliphatic heterocycles. The van der Waals surface area contributed by atoms with Crippen LogP contribution in [0.25, 0.3) is 5.57 Å². The molecule has 9 nitrogen and oxygen atoms in total. The molecule has 0 bridgehead atoms. The Morgan fingerprint density at radius 1 is 1.23 bits per heavy atom. The Morgan fingerprint density at radius 3 is 2.50 bits per heavy atom. The highest BCUT2D eigenvalue weighted by atomic mass is 16.2. The molecule has 1 aromatic carbocycles. The van der Waals surface area contributed by atoms with Crippen LogP contribution in [-0.2, 0) is 4.79 Å². The van der Waals surface area contributed by atoms with E-state index in [1.54, 1.807) is 21.0 Å². The second-order valence-electron chi connectivity index (χ2n) is 6.90. The van der Waals surface area contributed by atoms with Gasteiger partial charge in [0.05, 0.1) is 18.2 Å². The summed E-state index contributed by atoms with van der Waals surface area (Å²) >= 11 is 0. The third-order valence-corrected chi connectivity index (χ3v) is 4.67. The van der Waals surface area contributed by atoms with E-state index >= 15 is 0 Å². The molecule has 0 aliphatic carbocycles. The van der Waals surface area contributed by atoms with E-state index in [0.29, 0.717) is 30.3 Å². The molecule has 1 aliphatic rings. The van der Waals surface area contributed by atoms with Gasteiger partial charge in [0.25, 0.3) is 5.91 Å². The lowest BCUT2D eigenvalue weighted by Gasteiger charge is -2.21. The summed E-state index contributed by atoms with van der Waals surface area (Å²) in [5.74, 6) is 0.767. The normalized spacial score (nSPS) is 13.7. The molecule has 30 heavy (non-hydrogen) atoms. The molecule has 2 aromatic rings. The van der Waals surface area contributed by atoms with Gasteiger partial charge >= 0.3 is 0 Å².